The minimum atomic E-state index is -4.43. The highest BCUT2D eigenvalue weighted by molar-refractivity contribution is 8.00. The van der Waals surface area contributed by atoms with Crippen molar-refractivity contribution < 1.29 is 18.0 Å². The van der Waals surface area contributed by atoms with Gasteiger partial charge in [0.2, 0.25) is 5.91 Å². The number of pyridine rings is 1. The predicted octanol–water partition coefficient (Wildman–Crippen LogP) is 2.11. The van der Waals surface area contributed by atoms with Crippen LogP contribution in [0, 0.1) is 11.3 Å². The number of hydrogen-bond acceptors (Lipinski definition) is 4. The maximum atomic E-state index is 11.9. The van der Waals surface area contributed by atoms with Crippen LogP contribution in [0.15, 0.2) is 23.4 Å². The molecule has 1 heterocycles. The second kappa shape index (κ2) is 6.43. The molecule has 1 atom stereocenters. The van der Waals surface area contributed by atoms with E-state index in [0.717, 1.165) is 11.8 Å². The molecule has 0 radical (unpaired) electrons. The quantitative estimate of drug-likeness (QED) is 0.862. The van der Waals surface area contributed by atoms with Gasteiger partial charge in [0.15, 0.2) is 0 Å². The molecular weight excluding hydrogens is 279 g/mol. The highest BCUT2D eigenvalue weighted by atomic mass is 32.2. The third kappa shape index (κ3) is 5.61. The summed E-state index contributed by atoms with van der Waals surface area (Å²) in [4.78, 5) is 15.4. The number of rotatable bonds is 4. The van der Waals surface area contributed by atoms with Gasteiger partial charge in [-0.2, -0.15) is 18.4 Å². The number of hydrogen-bond donors (Lipinski definition) is 1. The van der Waals surface area contributed by atoms with Crippen LogP contribution in [0.25, 0.3) is 0 Å². The molecule has 1 rings (SSSR count). The predicted molar refractivity (Wildman–Crippen MR) is 63.3 cm³/mol. The van der Waals surface area contributed by atoms with Crippen molar-refractivity contribution in [3.8, 4) is 6.07 Å². The Hall–Kier alpha value is -1.75. The Labute approximate surface area is 112 Å². The van der Waals surface area contributed by atoms with E-state index in [9.17, 15) is 18.0 Å². The van der Waals surface area contributed by atoms with Crippen LogP contribution in [0.3, 0.4) is 0 Å². The Kier molecular flexibility index (Phi) is 5.18. The molecule has 1 aromatic rings. The highest BCUT2D eigenvalue weighted by Gasteiger charge is 2.28. The minimum absolute atomic E-state index is 0.375. The average Bonchev–Trinajstić information content (AvgIpc) is 2.35. The summed E-state index contributed by atoms with van der Waals surface area (Å²) in [6, 6.07) is 4.88. The molecule has 0 aromatic carbocycles. The van der Waals surface area contributed by atoms with E-state index >= 15 is 0 Å². The van der Waals surface area contributed by atoms with Crippen LogP contribution in [-0.4, -0.2) is 28.9 Å². The first-order valence-electron chi connectivity index (χ1n) is 5.19. The van der Waals surface area contributed by atoms with Gasteiger partial charge in [0, 0.05) is 6.20 Å². The van der Waals surface area contributed by atoms with E-state index in [1.807, 2.05) is 6.07 Å². The zero-order valence-corrected chi connectivity index (χ0v) is 10.7. The SMILES string of the molecule is CC(Sc1cc(C#N)ccn1)C(=O)NCC(F)(F)F. The van der Waals surface area contributed by atoms with Crippen molar-refractivity contribution in [2.24, 2.45) is 0 Å². The highest BCUT2D eigenvalue weighted by Crippen LogP contribution is 2.22. The number of carbonyl (C=O) groups excluding carboxylic acids is 1. The Morgan fingerprint density at radius 3 is 2.89 bits per heavy atom. The van der Waals surface area contributed by atoms with Gasteiger partial charge in [-0.3, -0.25) is 4.79 Å². The number of nitrogens with zero attached hydrogens (tertiary/aromatic N) is 2. The van der Waals surface area contributed by atoms with Gasteiger partial charge in [-0.15, -0.1) is 0 Å². The summed E-state index contributed by atoms with van der Waals surface area (Å²) in [7, 11) is 0. The molecule has 1 amide bonds. The molecule has 0 saturated heterocycles. The second-order valence-corrected chi connectivity index (χ2v) is 4.95. The molecule has 0 fully saturated rings. The maximum absolute atomic E-state index is 11.9. The lowest BCUT2D eigenvalue weighted by molar-refractivity contribution is -0.137. The van der Waals surface area contributed by atoms with Crippen LogP contribution in [0.4, 0.5) is 13.2 Å². The fourth-order valence-corrected chi connectivity index (χ4v) is 1.98. The molecule has 0 bridgehead atoms. The third-order valence-electron chi connectivity index (χ3n) is 1.99. The number of halogens is 3. The standard InChI is InChI=1S/C11H10F3N3OS/c1-7(10(18)17-6-11(12,13)14)19-9-4-8(5-15)2-3-16-9/h2-4,7H,6H2,1H3,(H,17,18). The van der Waals surface area contributed by atoms with Gasteiger partial charge in [-0.25, -0.2) is 4.98 Å². The minimum Gasteiger partial charge on any atom is -0.346 e. The molecule has 1 N–H and O–H groups in total. The van der Waals surface area contributed by atoms with Gasteiger partial charge < -0.3 is 5.32 Å². The maximum Gasteiger partial charge on any atom is 0.405 e. The summed E-state index contributed by atoms with van der Waals surface area (Å²) in [5.41, 5.74) is 0.375. The lowest BCUT2D eigenvalue weighted by Crippen LogP contribution is -2.37. The number of nitriles is 1. The zero-order chi connectivity index (χ0) is 14.5. The molecule has 0 aliphatic rings. The van der Waals surface area contributed by atoms with Crippen molar-refractivity contribution in [2.75, 3.05) is 6.54 Å². The van der Waals surface area contributed by atoms with Gasteiger partial charge in [0.1, 0.15) is 6.54 Å². The number of thioether (sulfide) groups is 1. The summed E-state index contributed by atoms with van der Waals surface area (Å²) < 4.78 is 35.8. The summed E-state index contributed by atoms with van der Waals surface area (Å²) in [6.07, 6.45) is -3.03. The van der Waals surface area contributed by atoms with E-state index in [1.54, 1.807) is 5.32 Å². The normalized spacial score (nSPS) is 12.6. The summed E-state index contributed by atoms with van der Waals surface area (Å²) >= 11 is 0.990. The molecule has 102 valence electrons. The van der Waals surface area contributed by atoms with Crippen LogP contribution in [-0.2, 0) is 4.79 Å². The number of carbonyl (C=O) groups is 1. The topological polar surface area (TPSA) is 65.8 Å². The lowest BCUT2D eigenvalue weighted by Gasteiger charge is -2.12. The van der Waals surface area contributed by atoms with Crippen LogP contribution in [0.1, 0.15) is 12.5 Å². The van der Waals surface area contributed by atoms with Gasteiger partial charge in [-0.05, 0) is 19.1 Å². The van der Waals surface area contributed by atoms with Gasteiger partial charge >= 0.3 is 6.18 Å². The van der Waals surface area contributed by atoms with E-state index in [0.29, 0.717) is 10.6 Å². The number of amides is 1. The van der Waals surface area contributed by atoms with Crippen molar-refractivity contribution in [1.29, 1.82) is 5.26 Å². The summed E-state index contributed by atoms with van der Waals surface area (Å²) in [5.74, 6) is -0.730. The van der Waals surface area contributed by atoms with Crippen molar-refractivity contribution in [2.45, 2.75) is 23.4 Å². The summed E-state index contributed by atoms with van der Waals surface area (Å²) in [6.45, 7) is 0.111. The van der Waals surface area contributed by atoms with Crippen molar-refractivity contribution in [3.05, 3.63) is 23.9 Å². The van der Waals surface area contributed by atoms with Gasteiger partial charge in [-0.1, -0.05) is 11.8 Å². The average molecular weight is 289 g/mol. The smallest absolute Gasteiger partial charge is 0.346 e. The molecule has 0 spiro atoms. The van der Waals surface area contributed by atoms with Crippen LogP contribution >= 0.6 is 11.8 Å². The Morgan fingerprint density at radius 2 is 2.32 bits per heavy atom. The largest absolute Gasteiger partial charge is 0.405 e. The fraction of sp³-hybridized carbons (Fsp3) is 0.364. The molecule has 0 aliphatic carbocycles. The zero-order valence-electron chi connectivity index (χ0n) is 9.86. The van der Waals surface area contributed by atoms with E-state index in [1.165, 1.54) is 25.3 Å². The molecule has 8 heteroatoms. The third-order valence-corrected chi connectivity index (χ3v) is 3.03. The molecular formula is C11H10F3N3OS. The van der Waals surface area contributed by atoms with Gasteiger partial charge in [0.25, 0.3) is 0 Å². The van der Waals surface area contributed by atoms with Crippen LogP contribution < -0.4 is 5.32 Å². The van der Waals surface area contributed by atoms with Crippen molar-refractivity contribution >= 4 is 17.7 Å². The Morgan fingerprint density at radius 1 is 1.63 bits per heavy atom. The fourth-order valence-electron chi connectivity index (χ4n) is 1.11. The number of alkyl halides is 3. The molecule has 1 aromatic heterocycles. The Bertz CT molecular complexity index is 499. The molecule has 1 unspecified atom stereocenters. The molecule has 19 heavy (non-hydrogen) atoms. The monoisotopic (exact) mass is 289 g/mol. The van der Waals surface area contributed by atoms with Crippen molar-refractivity contribution in [1.82, 2.24) is 10.3 Å². The first-order valence-corrected chi connectivity index (χ1v) is 6.07. The van der Waals surface area contributed by atoms with Crippen LogP contribution in [0.5, 0.6) is 0 Å². The van der Waals surface area contributed by atoms with Crippen LogP contribution in [0.2, 0.25) is 0 Å². The van der Waals surface area contributed by atoms with Crippen molar-refractivity contribution in [3.63, 3.8) is 0 Å². The number of nitrogens with one attached hydrogen (secondary N) is 1. The first-order chi connectivity index (χ1) is 8.81. The first kappa shape index (κ1) is 15.3. The molecule has 4 nitrogen and oxygen atoms in total. The van der Waals surface area contributed by atoms with E-state index in [4.69, 9.17) is 5.26 Å². The number of aromatic nitrogens is 1. The molecule has 0 aliphatic heterocycles. The van der Waals surface area contributed by atoms with E-state index in [-0.39, 0.29) is 0 Å². The summed E-state index contributed by atoms with van der Waals surface area (Å²) in [5, 5.41) is 10.2. The Balaban J connectivity index is 2.56. The van der Waals surface area contributed by atoms with E-state index < -0.39 is 23.9 Å². The van der Waals surface area contributed by atoms with E-state index in [2.05, 4.69) is 4.98 Å². The molecule has 0 saturated carbocycles. The lowest BCUT2D eigenvalue weighted by atomic mass is 10.3. The van der Waals surface area contributed by atoms with Gasteiger partial charge in [0.05, 0.1) is 21.9 Å². The second-order valence-electron chi connectivity index (χ2n) is 3.59.